The molecule has 0 bridgehead atoms. The molecule has 17 heavy (non-hydrogen) atoms. The Labute approximate surface area is 94.6 Å². The molecule has 0 atom stereocenters. The number of hydrogen-bond donors (Lipinski definition) is 1. The van der Waals surface area contributed by atoms with Gasteiger partial charge in [-0.1, -0.05) is 0 Å². The van der Waals surface area contributed by atoms with Crippen LogP contribution in [0.4, 0.5) is 8.78 Å². The topological polar surface area (TPSA) is 82.9 Å². The lowest BCUT2D eigenvalue weighted by Crippen LogP contribution is -2.19. The van der Waals surface area contributed by atoms with Gasteiger partial charge in [-0.3, -0.25) is 9.59 Å². The minimum absolute atomic E-state index is 0.182. The van der Waals surface area contributed by atoms with Gasteiger partial charge in [0.25, 0.3) is 12.0 Å². The first-order valence-electron chi connectivity index (χ1n) is 4.50. The number of carbonyl (C=O) groups excluding carboxylic acids is 1. The summed E-state index contributed by atoms with van der Waals surface area (Å²) in [7, 11) is 1.10. The molecule has 0 fully saturated rings. The highest BCUT2D eigenvalue weighted by molar-refractivity contribution is 5.73. The summed E-state index contributed by atoms with van der Waals surface area (Å²) in [6.45, 7) is 0. The molecule has 0 saturated heterocycles. The van der Waals surface area contributed by atoms with Gasteiger partial charge in [-0.15, -0.1) is 0 Å². The Kier molecular flexibility index (Phi) is 3.93. The Balaban J connectivity index is 3.34. The third-order valence-electron chi connectivity index (χ3n) is 2.06. The molecule has 0 aromatic carbocycles. The number of esters is 1. The van der Waals surface area contributed by atoms with Crippen LogP contribution in [-0.4, -0.2) is 18.1 Å². The number of aromatic amines is 1. The van der Waals surface area contributed by atoms with E-state index >= 15 is 0 Å². The minimum Gasteiger partial charge on any atom is -0.469 e. The predicted molar refractivity (Wildman–Crippen MR) is 52.5 cm³/mol. The summed E-state index contributed by atoms with van der Waals surface area (Å²) < 4.78 is 29.6. The third kappa shape index (κ3) is 2.87. The zero-order valence-corrected chi connectivity index (χ0v) is 8.79. The minimum atomic E-state index is -3.02. The molecule has 0 saturated carbocycles. The molecule has 0 radical (unpaired) electrons. The van der Waals surface area contributed by atoms with Crippen molar-refractivity contribution in [2.75, 3.05) is 7.11 Å². The lowest BCUT2D eigenvalue weighted by atomic mass is 10.1. The van der Waals surface area contributed by atoms with Gasteiger partial charge in [0.05, 0.1) is 19.1 Å². The first-order chi connectivity index (χ1) is 7.99. The molecule has 5 nitrogen and oxygen atoms in total. The molecule has 0 spiro atoms. The van der Waals surface area contributed by atoms with Crippen molar-refractivity contribution in [2.24, 2.45) is 0 Å². The molecule has 1 rings (SSSR count). The average molecular weight is 242 g/mol. The average Bonchev–Trinajstić information content (AvgIpc) is 2.27. The van der Waals surface area contributed by atoms with Crippen LogP contribution in [0.3, 0.4) is 0 Å². The number of nitriles is 1. The predicted octanol–water partition coefficient (Wildman–Crippen LogP) is 0.900. The number of methoxy groups -OCH3 is 1. The number of pyridine rings is 1. The molecule has 1 heterocycles. The summed E-state index contributed by atoms with van der Waals surface area (Å²) in [5, 5.41) is 8.58. The van der Waals surface area contributed by atoms with E-state index in [1.54, 1.807) is 6.07 Å². The number of carbonyl (C=O) groups is 1. The molecule has 1 N–H and O–H groups in total. The SMILES string of the molecule is COC(=O)Cc1cc(C#N)[nH]c(=O)c1C(F)F. The van der Waals surface area contributed by atoms with Gasteiger partial charge < -0.3 is 9.72 Å². The van der Waals surface area contributed by atoms with Crippen molar-refractivity contribution in [3.05, 3.63) is 33.2 Å². The van der Waals surface area contributed by atoms with Crippen molar-refractivity contribution in [2.45, 2.75) is 12.8 Å². The summed E-state index contributed by atoms with van der Waals surface area (Å²) in [6, 6.07) is 2.65. The number of ether oxygens (including phenoxy) is 1. The van der Waals surface area contributed by atoms with Crippen LogP contribution in [0.25, 0.3) is 0 Å². The van der Waals surface area contributed by atoms with Crippen molar-refractivity contribution in [3.8, 4) is 6.07 Å². The summed E-state index contributed by atoms with van der Waals surface area (Å²) in [5.74, 6) is -0.763. The number of alkyl halides is 2. The Morgan fingerprint density at radius 2 is 2.29 bits per heavy atom. The lowest BCUT2D eigenvalue weighted by Gasteiger charge is -2.07. The van der Waals surface area contributed by atoms with E-state index < -0.39 is 29.9 Å². The van der Waals surface area contributed by atoms with Gasteiger partial charge in [0.15, 0.2) is 0 Å². The molecule has 0 aliphatic carbocycles. The first-order valence-corrected chi connectivity index (χ1v) is 4.50. The summed E-state index contributed by atoms with van der Waals surface area (Å²) in [5.41, 5.74) is -2.27. The van der Waals surface area contributed by atoms with Crippen LogP contribution in [0.1, 0.15) is 23.2 Å². The fourth-order valence-electron chi connectivity index (χ4n) is 1.30. The number of halogens is 2. The highest BCUT2D eigenvalue weighted by Gasteiger charge is 2.20. The van der Waals surface area contributed by atoms with Crippen molar-refractivity contribution in [1.29, 1.82) is 5.26 Å². The first kappa shape index (κ1) is 12.8. The van der Waals surface area contributed by atoms with E-state index in [0.717, 1.165) is 13.2 Å². The summed E-state index contributed by atoms with van der Waals surface area (Å²) in [4.78, 5) is 24.3. The van der Waals surface area contributed by atoms with E-state index in [1.165, 1.54) is 0 Å². The smallest absolute Gasteiger partial charge is 0.309 e. The molecule has 90 valence electrons. The zero-order chi connectivity index (χ0) is 13.0. The maximum absolute atomic E-state index is 12.6. The van der Waals surface area contributed by atoms with E-state index in [1.807, 2.05) is 4.98 Å². The van der Waals surface area contributed by atoms with Crippen molar-refractivity contribution < 1.29 is 18.3 Å². The zero-order valence-electron chi connectivity index (χ0n) is 8.79. The highest BCUT2D eigenvalue weighted by Crippen LogP contribution is 2.20. The van der Waals surface area contributed by atoms with Crippen LogP contribution < -0.4 is 5.56 Å². The van der Waals surface area contributed by atoms with Gasteiger partial charge in [0, 0.05) is 0 Å². The van der Waals surface area contributed by atoms with Crippen molar-refractivity contribution >= 4 is 5.97 Å². The number of aromatic nitrogens is 1. The third-order valence-corrected chi connectivity index (χ3v) is 2.06. The largest absolute Gasteiger partial charge is 0.469 e. The Hall–Kier alpha value is -2.23. The summed E-state index contributed by atoms with van der Waals surface area (Å²) in [6.07, 6.45) is -3.50. The quantitative estimate of drug-likeness (QED) is 0.798. The molecule has 7 heteroatoms. The molecule has 0 unspecified atom stereocenters. The number of hydrogen-bond acceptors (Lipinski definition) is 4. The number of nitrogens with one attached hydrogen (secondary N) is 1. The van der Waals surface area contributed by atoms with E-state index in [9.17, 15) is 18.4 Å². The normalized spacial score (nSPS) is 10.1. The fourth-order valence-corrected chi connectivity index (χ4v) is 1.30. The Morgan fingerprint density at radius 3 is 2.76 bits per heavy atom. The summed E-state index contributed by atoms with van der Waals surface area (Å²) >= 11 is 0. The number of nitrogens with zero attached hydrogens (tertiary/aromatic N) is 1. The molecular formula is C10H8F2N2O3. The Morgan fingerprint density at radius 1 is 1.65 bits per heavy atom. The van der Waals surface area contributed by atoms with Crippen LogP contribution in [0.5, 0.6) is 0 Å². The van der Waals surface area contributed by atoms with E-state index in [4.69, 9.17) is 5.26 Å². The van der Waals surface area contributed by atoms with Crippen molar-refractivity contribution in [3.63, 3.8) is 0 Å². The second kappa shape index (κ2) is 5.21. The molecule has 1 aromatic heterocycles. The maximum Gasteiger partial charge on any atom is 0.309 e. The molecule has 0 aliphatic heterocycles. The second-order valence-electron chi connectivity index (χ2n) is 3.12. The van der Waals surface area contributed by atoms with Gasteiger partial charge in [0.1, 0.15) is 11.8 Å². The second-order valence-corrected chi connectivity index (χ2v) is 3.12. The number of H-pyrrole nitrogens is 1. The van der Waals surface area contributed by atoms with Crippen LogP contribution in [0.2, 0.25) is 0 Å². The van der Waals surface area contributed by atoms with Gasteiger partial charge in [-0.25, -0.2) is 8.78 Å². The molecular weight excluding hydrogens is 234 g/mol. The Bertz CT molecular complexity index is 531. The molecule has 1 aromatic rings. The van der Waals surface area contributed by atoms with Crippen LogP contribution in [0.15, 0.2) is 10.9 Å². The van der Waals surface area contributed by atoms with Crippen molar-refractivity contribution in [1.82, 2.24) is 4.98 Å². The fraction of sp³-hybridized carbons (Fsp3) is 0.300. The monoisotopic (exact) mass is 242 g/mol. The van der Waals surface area contributed by atoms with Gasteiger partial charge in [0.2, 0.25) is 0 Å². The van der Waals surface area contributed by atoms with E-state index in [2.05, 4.69) is 4.74 Å². The van der Waals surface area contributed by atoms with Gasteiger partial charge in [-0.05, 0) is 11.6 Å². The van der Waals surface area contributed by atoms with Gasteiger partial charge >= 0.3 is 5.97 Å². The van der Waals surface area contributed by atoms with Gasteiger partial charge in [-0.2, -0.15) is 5.26 Å². The maximum atomic E-state index is 12.6. The molecule has 0 aliphatic rings. The standard InChI is InChI=1S/C10H8F2N2O3/c1-17-7(15)3-5-2-6(4-13)14-10(16)8(5)9(11)12/h2,9H,3H2,1H3,(H,14,16). The number of rotatable bonds is 3. The highest BCUT2D eigenvalue weighted by atomic mass is 19.3. The van der Waals surface area contributed by atoms with E-state index in [-0.39, 0.29) is 11.3 Å². The molecule has 0 amide bonds. The van der Waals surface area contributed by atoms with Crippen LogP contribution in [-0.2, 0) is 16.0 Å². The van der Waals surface area contributed by atoms with Crippen LogP contribution in [0, 0.1) is 11.3 Å². The van der Waals surface area contributed by atoms with E-state index in [0.29, 0.717) is 0 Å². The lowest BCUT2D eigenvalue weighted by molar-refractivity contribution is -0.139. The van der Waals surface area contributed by atoms with Crippen LogP contribution >= 0.6 is 0 Å².